The zero-order valence-corrected chi connectivity index (χ0v) is 17.1. The van der Waals surface area contributed by atoms with Crippen molar-refractivity contribution in [1.29, 1.82) is 0 Å². The lowest BCUT2D eigenvalue weighted by atomic mass is 10.2. The number of sulfonamides is 1. The van der Waals surface area contributed by atoms with Gasteiger partial charge in [0.1, 0.15) is 11.6 Å². The Bertz CT molecular complexity index is 1150. The molecule has 0 aliphatic heterocycles. The fraction of sp³-hybridized carbons (Fsp3) is 0.136. The first-order chi connectivity index (χ1) is 14.4. The van der Waals surface area contributed by atoms with Gasteiger partial charge in [0, 0.05) is 5.56 Å². The van der Waals surface area contributed by atoms with E-state index in [-0.39, 0.29) is 16.1 Å². The van der Waals surface area contributed by atoms with Crippen LogP contribution < -0.4 is 14.8 Å². The Morgan fingerprint density at radius 3 is 2.40 bits per heavy atom. The molecular weight excluding hydrogens is 407 g/mol. The summed E-state index contributed by atoms with van der Waals surface area (Å²) in [6.07, 6.45) is 0.817. The molecule has 0 fully saturated rings. The summed E-state index contributed by atoms with van der Waals surface area (Å²) < 4.78 is 46.9. The van der Waals surface area contributed by atoms with Crippen molar-refractivity contribution in [2.24, 2.45) is 0 Å². The highest BCUT2D eigenvalue weighted by atomic mass is 32.2. The van der Waals surface area contributed by atoms with Crippen molar-refractivity contribution in [2.45, 2.75) is 18.2 Å². The van der Waals surface area contributed by atoms with Gasteiger partial charge in [-0.1, -0.05) is 37.3 Å². The van der Waals surface area contributed by atoms with Crippen molar-refractivity contribution < 1.29 is 22.3 Å². The van der Waals surface area contributed by atoms with Gasteiger partial charge in [0.2, 0.25) is 0 Å². The van der Waals surface area contributed by atoms with Gasteiger partial charge in [-0.05, 0) is 48.9 Å². The van der Waals surface area contributed by atoms with Crippen molar-refractivity contribution in [3.63, 3.8) is 0 Å². The molecular formula is C22H21FN2O4S. The number of benzene rings is 3. The SMILES string of the molecule is CCCOc1ccccc1NC(=O)c1cccc(S(=O)(=O)Nc2ccccc2F)c1. The first-order valence-electron chi connectivity index (χ1n) is 9.31. The number of nitrogens with one attached hydrogen (secondary N) is 2. The van der Waals surface area contributed by atoms with Gasteiger partial charge in [-0.2, -0.15) is 0 Å². The quantitative estimate of drug-likeness (QED) is 0.546. The lowest BCUT2D eigenvalue weighted by molar-refractivity contribution is 0.102. The summed E-state index contributed by atoms with van der Waals surface area (Å²) in [5, 5.41) is 2.73. The maximum atomic E-state index is 13.8. The van der Waals surface area contributed by atoms with Crippen LogP contribution in [-0.2, 0) is 10.0 Å². The zero-order chi connectivity index (χ0) is 21.6. The minimum absolute atomic E-state index is 0.136. The molecule has 1 amide bonds. The average Bonchev–Trinajstić information content (AvgIpc) is 2.75. The van der Waals surface area contributed by atoms with Gasteiger partial charge in [0.25, 0.3) is 15.9 Å². The predicted molar refractivity (Wildman–Crippen MR) is 114 cm³/mol. The summed E-state index contributed by atoms with van der Waals surface area (Å²) in [7, 11) is -4.08. The molecule has 0 atom stereocenters. The van der Waals surface area contributed by atoms with E-state index in [9.17, 15) is 17.6 Å². The van der Waals surface area contributed by atoms with Crippen LogP contribution in [0.25, 0.3) is 0 Å². The number of carbonyl (C=O) groups is 1. The van der Waals surface area contributed by atoms with Crippen LogP contribution in [0.2, 0.25) is 0 Å². The Morgan fingerprint density at radius 1 is 0.967 bits per heavy atom. The summed E-state index contributed by atoms with van der Waals surface area (Å²) in [5.74, 6) is -0.665. The van der Waals surface area contributed by atoms with Crippen LogP contribution in [-0.4, -0.2) is 20.9 Å². The summed E-state index contributed by atoms with van der Waals surface area (Å²) in [5.41, 5.74) is 0.444. The van der Waals surface area contributed by atoms with Crippen LogP contribution in [0.15, 0.2) is 77.7 Å². The Balaban J connectivity index is 1.82. The Labute approximate surface area is 174 Å². The lowest BCUT2D eigenvalue weighted by Crippen LogP contribution is -2.16. The van der Waals surface area contributed by atoms with E-state index in [1.165, 1.54) is 42.5 Å². The third-order valence-electron chi connectivity index (χ3n) is 4.12. The molecule has 2 N–H and O–H groups in total. The first-order valence-corrected chi connectivity index (χ1v) is 10.8. The van der Waals surface area contributed by atoms with Crippen molar-refractivity contribution >= 4 is 27.3 Å². The van der Waals surface area contributed by atoms with E-state index in [0.29, 0.717) is 18.0 Å². The van der Waals surface area contributed by atoms with Crippen molar-refractivity contribution in [1.82, 2.24) is 0 Å². The Kier molecular flexibility index (Phi) is 6.68. The molecule has 0 aromatic heterocycles. The molecule has 0 saturated carbocycles. The second-order valence-electron chi connectivity index (χ2n) is 6.41. The summed E-state index contributed by atoms with van der Waals surface area (Å²) >= 11 is 0. The van der Waals surface area contributed by atoms with Crippen LogP contribution >= 0.6 is 0 Å². The second-order valence-corrected chi connectivity index (χ2v) is 8.09. The Hall–Kier alpha value is -3.39. The third-order valence-corrected chi connectivity index (χ3v) is 5.48. The highest BCUT2D eigenvalue weighted by Crippen LogP contribution is 2.25. The largest absolute Gasteiger partial charge is 0.491 e. The van der Waals surface area contributed by atoms with E-state index in [2.05, 4.69) is 10.0 Å². The predicted octanol–water partition coefficient (Wildman–Crippen LogP) is 4.67. The average molecular weight is 428 g/mol. The molecule has 0 saturated heterocycles. The van der Waals surface area contributed by atoms with Crippen LogP contribution in [0.5, 0.6) is 5.75 Å². The molecule has 0 spiro atoms. The van der Waals surface area contributed by atoms with Crippen LogP contribution in [0.4, 0.5) is 15.8 Å². The molecule has 0 aliphatic rings. The molecule has 0 unspecified atom stereocenters. The monoisotopic (exact) mass is 428 g/mol. The van der Waals surface area contributed by atoms with Crippen molar-refractivity contribution in [2.75, 3.05) is 16.6 Å². The van der Waals surface area contributed by atoms with E-state index in [0.717, 1.165) is 12.5 Å². The van der Waals surface area contributed by atoms with Crippen molar-refractivity contribution in [3.05, 3.63) is 84.2 Å². The van der Waals surface area contributed by atoms with Gasteiger partial charge >= 0.3 is 0 Å². The highest BCUT2D eigenvalue weighted by molar-refractivity contribution is 7.92. The van der Waals surface area contributed by atoms with Crippen LogP contribution in [0, 0.1) is 5.82 Å². The van der Waals surface area contributed by atoms with Gasteiger partial charge in [-0.15, -0.1) is 0 Å². The van der Waals surface area contributed by atoms with E-state index >= 15 is 0 Å². The number of halogens is 1. The molecule has 3 rings (SSSR count). The number of para-hydroxylation sites is 3. The number of carbonyl (C=O) groups excluding carboxylic acids is 1. The molecule has 0 radical (unpaired) electrons. The number of hydrogen-bond acceptors (Lipinski definition) is 4. The number of hydrogen-bond donors (Lipinski definition) is 2. The standard InChI is InChI=1S/C22H21FN2O4S/c1-2-14-29-21-13-6-5-12-20(21)24-22(26)16-8-7-9-17(15-16)30(27,28)25-19-11-4-3-10-18(19)23/h3-13,15,25H,2,14H2,1H3,(H,24,26). The minimum atomic E-state index is -4.08. The molecule has 30 heavy (non-hydrogen) atoms. The number of rotatable bonds is 8. The van der Waals surface area contributed by atoms with E-state index < -0.39 is 21.7 Å². The smallest absolute Gasteiger partial charge is 0.262 e. The van der Waals surface area contributed by atoms with Crippen molar-refractivity contribution in [3.8, 4) is 5.75 Å². The summed E-state index contributed by atoms with van der Waals surface area (Å²) in [4.78, 5) is 12.5. The van der Waals surface area contributed by atoms with Gasteiger partial charge in [-0.3, -0.25) is 9.52 Å². The molecule has 0 aliphatic carbocycles. The molecule has 156 valence electrons. The van der Waals surface area contributed by atoms with Crippen LogP contribution in [0.3, 0.4) is 0 Å². The minimum Gasteiger partial charge on any atom is -0.491 e. The van der Waals surface area contributed by atoms with E-state index in [4.69, 9.17) is 4.74 Å². The number of amides is 1. The molecule has 3 aromatic carbocycles. The zero-order valence-electron chi connectivity index (χ0n) is 16.3. The van der Waals surface area contributed by atoms with Gasteiger partial charge < -0.3 is 10.1 Å². The Morgan fingerprint density at radius 2 is 1.67 bits per heavy atom. The summed E-state index contributed by atoms with van der Waals surface area (Å²) in [6.45, 7) is 2.48. The highest BCUT2D eigenvalue weighted by Gasteiger charge is 2.18. The van der Waals surface area contributed by atoms with E-state index in [1.54, 1.807) is 24.3 Å². The van der Waals surface area contributed by atoms with E-state index in [1.807, 2.05) is 6.92 Å². The molecule has 3 aromatic rings. The van der Waals surface area contributed by atoms with Gasteiger partial charge in [-0.25, -0.2) is 12.8 Å². The van der Waals surface area contributed by atoms with Gasteiger partial charge in [0.05, 0.1) is 22.9 Å². The lowest BCUT2D eigenvalue weighted by Gasteiger charge is -2.13. The molecule has 0 bridgehead atoms. The molecule has 8 heteroatoms. The fourth-order valence-electron chi connectivity index (χ4n) is 2.65. The summed E-state index contributed by atoms with van der Waals surface area (Å²) in [6, 6.07) is 17.9. The topological polar surface area (TPSA) is 84.5 Å². The normalized spacial score (nSPS) is 11.0. The molecule has 0 heterocycles. The first kappa shape index (κ1) is 21.3. The maximum absolute atomic E-state index is 13.8. The number of anilines is 2. The second kappa shape index (κ2) is 9.41. The maximum Gasteiger partial charge on any atom is 0.262 e. The number of ether oxygens (including phenoxy) is 1. The third kappa shape index (κ3) is 5.15. The van der Waals surface area contributed by atoms with Crippen LogP contribution in [0.1, 0.15) is 23.7 Å². The van der Waals surface area contributed by atoms with Gasteiger partial charge in [0.15, 0.2) is 0 Å². The fourth-order valence-corrected chi connectivity index (χ4v) is 3.77. The molecule has 6 nitrogen and oxygen atoms in total.